The van der Waals surface area contributed by atoms with E-state index in [0.29, 0.717) is 31.5 Å². The van der Waals surface area contributed by atoms with Gasteiger partial charge in [-0.15, -0.1) is 0 Å². The lowest BCUT2D eigenvalue weighted by atomic mass is 9.79. The molecule has 1 amide bonds. The van der Waals surface area contributed by atoms with Crippen LogP contribution in [0, 0.1) is 5.92 Å². The van der Waals surface area contributed by atoms with E-state index in [1.165, 1.54) is 0 Å². The van der Waals surface area contributed by atoms with Gasteiger partial charge in [0.2, 0.25) is 5.91 Å². The summed E-state index contributed by atoms with van der Waals surface area (Å²) < 4.78 is 5.99. The Labute approximate surface area is 178 Å². The predicted molar refractivity (Wildman–Crippen MR) is 115 cm³/mol. The number of nitrogens with zero attached hydrogens (tertiary/aromatic N) is 1. The molecule has 2 aromatic carbocycles. The lowest BCUT2D eigenvalue weighted by molar-refractivity contribution is -0.254. The fourth-order valence-corrected chi connectivity index (χ4v) is 4.89. The zero-order chi connectivity index (χ0) is 21.0. The third kappa shape index (κ3) is 4.43. The van der Waals surface area contributed by atoms with Crippen molar-refractivity contribution < 1.29 is 19.7 Å². The Balaban J connectivity index is 1.41. The molecule has 0 bridgehead atoms. The topological polar surface area (TPSA) is 70.0 Å². The highest BCUT2D eigenvalue weighted by Gasteiger charge is 2.47. The Kier molecular flexibility index (Phi) is 6.52. The van der Waals surface area contributed by atoms with Crippen LogP contribution in [0.3, 0.4) is 0 Å². The monoisotopic (exact) mass is 409 g/mol. The van der Waals surface area contributed by atoms with E-state index in [9.17, 15) is 15.0 Å². The van der Waals surface area contributed by atoms with Crippen molar-refractivity contribution in [3.05, 3.63) is 71.8 Å². The summed E-state index contributed by atoms with van der Waals surface area (Å²) in [5, 5.41) is 22.7. The van der Waals surface area contributed by atoms with Crippen LogP contribution in [0.1, 0.15) is 43.2 Å². The normalized spacial score (nSPS) is 22.7. The third-order valence-electron chi connectivity index (χ3n) is 6.61. The maximum Gasteiger partial charge on any atom is 0.227 e. The van der Waals surface area contributed by atoms with E-state index in [1.54, 1.807) is 4.90 Å². The van der Waals surface area contributed by atoms with Crippen LogP contribution in [-0.2, 0) is 21.6 Å². The molecule has 2 unspecified atom stereocenters. The van der Waals surface area contributed by atoms with E-state index in [1.807, 2.05) is 60.7 Å². The Morgan fingerprint density at radius 3 is 2.33 bits per heavy atom. The number of ether oxygens (including phenoxy) is 1. The van der Waals surface area contributed by atoms with Gasteiger partial charge in [0, 0.05) is 13.1 Å². The zero-order valence-electron chi connectivity index (χ0n) is 17.3. The molecule has 5 nitrogen and oxygen atoms in total. The number of amides is 1. The van der Waals surface area contributed by atoms with Crippen LogP contribution >= 0.6 is 0 Å². The van der Waals surface area contributed by atoms with Gasteiger partial charge in [-0.25, -0.2) is 0 Å². The summed E-state index contributed by atoms with van der Waals surface area (Å²) in [4.78, 5) is 14.4. The van der Waals surface area contributed by atoms with Crippen molar-refractivity contribution in [2.75, 3.05) is 13.1 Å². The van der Waals surface area contributed by atoms with E-state index in [2.05, 4.69) is 0 Å². The Morgan fingerprint density at radius 2 is 1.67 bits per heavy atom. The molecule has 160 valence electrons. The van der Waals surface area contributed by atoms with E-state index >= 15 is 0 Å². The van der Waals surface area contributed by atoms with Crippen LogP contribution in [-0.4, -0.2) is 46.5 Å². The molecule has 1 saturated heterocycles. The van der Waals surface area contributed by atoms with Gasteiger partial charge in [-0.05, 0) is 36.3 Å². The molecule has 0 spiro atoms. The molecule has 0 aromatic heterocycles. The maximum atomic E-state index is 12.6. The molecule has 30 heavy (non-hydrogen) atoms. The molecule has 2 fully saturated rings. The first kappa shape index (κ1) is 21.0. The van der Waals surface area contributed by atoms with Crippen molar-refractivity contribution in [3.8, 4) is 0 Å². The highest BCUT2D eigenvalue weighted by molar-refractivity contribution is 5.79. The van der Waals surface area contributed by atoms with E-state index in [0.717, 1.165) is 31.2 Å². The van der Waals surface area contributed by atoms with Crippen molar-refractivity contribution in [2.45, 2.75) is 56.5 Å². The van der Waals surface area contributed by atoms with Gasteiger partial charge in [0.1, 0.15) is 5.60 Å². The van der Waals surface area contributed by atoms with Crippen molar-refractivity contribution in [2.24, 2.45) is 5.92 Å². The second-order valence-electron chi connectivity index (χ2n) is 8.57. The molecule has 2 aromatic rings. The van der Waals surface area contributed by atoms with Crippen LogP contribution in [0.25, 0.3) is 0 Å². The minimum Gasteiger partial charge on any atom is -0.380 e. The number of aliphatic hydroxyl groups is 2. The average Bonchev–Trinajstić information content (AvgIpc) is 3.47. The zero-order valence-corrected chi connectivity index (χ0v) is 17.3. The summed E-state index contributed by atoms with van der Waals surface area (Å²) in [7, 11) is 0. The standard InChI is InChI=1S/C25H31NO4/c27-23(17-19-9-3-1-4-10-19)26-16-15-22(18-26)30-24(28)25(29,21-13-7-8-14-21)20-11-5-2-6-12-20/h1-6,9-12,21-22,24,28-29H,7-8,13-18H2/t22-,24?,25?/m0/s1. The van der Waals surface area contributed by atoms with Gasteiger partial charge in [0.25, 0.3) is 0 Å². The lowest BCUT2D eigenvalue weighted by Gasteiger charge is -2.39. The Morgan fingerprint density at radius 1 is 1.03 bits per heavy atom. The highest BCUT2D eigenvalue weighted by Crippen LogP contribution is 2.43. The predicted octanol–water partition coefficient (Wildman–Crippen LogP) is 3.24. The van der Waals surface area contributed by atoms with Crippen LogP contribution < -0.4 is 0 Å². The molecule has 1 saturated carbocycles. The number of carbonyl (C=O) groups is 1. The number of rotatable bonds is 7. The van der Waals surface area contributed by atoms with Crippen molar-refractivity contribution in [1.82, 2.24) is 4.90 Å². The van der Waals surface area contributed by atoms with Gasteiger partial charge in [-0.2, -0.15) is 0 Å². The molecular weight excluding hydrogens is 378 g/mol. The molecule has 2 aliphatic rings. The molecule has 1 aliphatic heterocycles. The van der Waals surface area contributed by atoms with Crippen molar-refractivity contribution in [1.29, 1.82) is 0 Å². The molecule has 1 heterocycles. The van der Waals surface area contributed by atoms with Gasteiger partial charge >= 0.3 is 0 Å². The largest absolute Gasteiger partial charge is 0.380 e. The second-order valence-corrected chi connectivity index (χ2v) is 8.57. The lowest BCUT2D eigenvalue weighted by Crippen LogP contribution is -2.48. The smallest absolute Gasteiger partial charge is 0.227 e. The van der Waals surface area contributed by atoms with Crippen LogP contribution in [0.15, 0.2) is 60.7 Å². The van der Waals surface area contributed by atoms with Gasteiger partial charge in [0.15, 0.2) is 6.29 Å². The number of hydrogen-bond acceptors (Lipinski definition) is 4. The third-order valence-corrected chi connectivity index (χ3v) is 6.61. The number of carbonyl (C=O) groups excluding carboxylic acids is 1. The number of hydrogen-bond donors (Lipinski definition) is 2. The Hall–Kier alpha value is -2.21. The molecule has 1 aliphatic carbocycles. The van der Waals surface area contributed by atoms with Crippen molar-refractivity contribution >= 4 is 5.91 Å². The highest BCUT2D eigenvalue weighted by atomic mass is 16.6. The van der Waals surface area contributed by atoms with Crippen LogP contribution in [0.5, 0.6) is 0 Å². The first-order valence-electron chi connectivity index (χ1n) is 11.0. The Bertz CT molecular complexity index is 822. The quantitative estimate of drug-likeness (QED) is 0.689. The number of benzene rings is 2. The second kappa shape index (κ2) is 9.29. The first-order chi connectivity index (χ1) is 14.6. The fraction of sp³-hybridized carbons (Fsp3) is 0.480. The summed E-state index contributed by atoms with van der Waals surface area (Å²) in [6.07, 6.45) is 3.28. The van der Waals surface area contributed by atoms with Crippen molar-refractivity contribution in [3.63, 3.8) is 0 Å². The van der Waals surface area contributed by atoms with E-state index in [-0.39, 0.29) is 17.9 Å². The molecule has 2 N–H and O–H groups in total. The van der Waals surface area contributed by atoms with Crippen LogP contribution in [0.2, 0.25) is 0 Å². The van der Waals surface area contributed by atoms with E-state index < -0.39 is 11.9 Å². The van der Waals surface area contributed by atoms with E-state index in [4.69, 9.17) is 4.74 Å². The number of aliphatic hydroxyl groups excluding tert-OH is 1. The SMILES string of the molecule is O=C(Cc1ccccc1)N1CC[C@H](OC(O)C(O)(c2ccccc2)C2CCCC2)C1. The molecular formula is C25H31NO4. The fourth-order valence-electron chi connectivity index (χ4n) is 4.89. The van der Waals surface area contributed by atoms with Gasteiger partial charge in [-0.1, -0.05) is 73.5 Å². The summed E-state index contributed by atoms with van der Waals surface area (Å²) in [6, 6.07) is 19.1. The van der Waals surface area contributed by atoms with Crippen LogP contribution in [0.4, 0.5) is 0 Å². The van der Waals surface area contributed by atoms with Gasteiger partial charge in [0.05, 0.1) is 12.5 Å². The summed E-state index contributed by atoms with van der Waals surface area (Å²) in [6.45, 7) is 1.05. The molecule has 3 atom stereocenters. The molecule has 5 heteroatoms. The molecule has 4 rings (SSSR count). The number of likely N-dealkylation sites (tertiary alicyclic amines) is 1. The minimum atomic E-state index is -1.43. The maximum absolute atomic E-state index is 12.6. The van der Waals surface area contributed by atoms with Gasteiger partial charge in [-0.3, -0.25) is 4.79 Å². The molecule has 0 radical (unpaired) electrons. The average molecular weight is 410 g/mol. The minimum absolute atomic E-state index is 0.0351. The summed E-state index contributed by atoms with van der Waals surface area (Å²) in [5.74, 6) is 0.0306. The summed E-state index contributed by atoms with van der Waals surface area (Å²) >= 11 is 0. The van der Waals surface area contributed by atoms with Gasteiger partial charge < -0.3 is 19.8 Å². The first-order valence-corrected chi connectivity index (χ1v) is 11.0. The summed E-state index contributed by atoms with van der Waals surface area (Å²) in [5.41, 5.74) is 0.255.